The zero-order valence-corrected chi connectivity index (χ0v) is 9.18. The van der Waals surface area contributed by atoms with Gasteiger partial charge in [0, 0.05) is 25.3 Å². The van der Waals surface area contributed by atoms with Gasteiger partial charge in [-0.1, -0.05) is 12.1 Å². The molecule has 0 unspecified atom stereocenters. The lowest BCUT2D eigenvalue weighted by atomic mass is 10.3. The summed E-state index contributed by atoms with van der Waals surface area (Å²) in [6, 6.07) is 0. The molecule has 0 aliphatic rings. The van der Waals surface area contributed by atoms with E-state index in [4.69, 9.17) is 10.9 Å². The molecule has 4 nitrogen and oxygen atoms in total. The van der Waals surface area contributed by atoms with Crippen molar-refractivity contribution in [3.05, 3.63) is 0 Å². The van der Waals surface area contributed by atoms with Crippen LogP contribution in [0.3, 0.4) is 0 Å². The van der Waals surface area contributed by atoms with E-state index in [1.807, 2.05) is 11.8 Å². The number of oxime groups is 1. The molecule has 0 aliphatic carbocycles. The zero-order valence-electron chi connectivity index (χ0n) is 8.36. The van der Waals surface area contributed by atoms with Crippen molar-refractivity contribution >= 4 is 17.6 Å². The van der Waals surface area contributed by atoms with Gasteiger partial charge in [-0.15, -0.1) is 0 Å². The molecule has 0 aromatic carbocycles. The van der Waals surface area contributed by atoms with Crippen LogP contribution in [0.2, 0.25) is 0 Å². The van der Waals surface area contributed by atoms with Crippen molar-refractivity contribution in [2.75, 3.05) is 31.6 Å². The molecule has 0 aromatic heterocycles. The molecule has 0 aliphatic heterocycles. The van der Waals surface area contributed by atoms with E-state index in [9.17, 15) is 0 Å². The highest BCUT2D eigenvalue weighted by Crippen LogP contribution is 1.96. The third-order valence-corrected chi connectivity index (χ3v) is 2.46. The van der Waals surface area contributed by atoms with Crippen LogP contribution in [0.15, 0.2) is 5.16 Å². The second-order valence-electron chi connectivity index (χ2n) is 2.77. The topological polar surface area (TPSA) is 61.8 Å². The van der Waals surface area contributed by atoms with Gasteiger partial charge in [0.1, 0.15) is 5.84 Å². The van der Waals surface area contributed by atoms with Crippen LogP contribution < -0.4 is 5.73 Å². The van der Waals surface area contributed by atoms with Crippen LogP contribution in [0.1, 0.15) is 13.3 Å². The highest BCUT2D eigenvalue weighted by molar-refractivity contribution is 7.98. The summed E-state index contributed by atoms with van der Waals surface area (Å²) in [5.41, 5.74) is 5.37. The van der Waals surface area contributed by atoms with E-state index >= 15 is 0 Å². The van der Waals surface area contributed by atoms with Crippen LogP contribution in [-0.2, 0) is 0 Å². The van der Waals surface area contributed by atoms with Gasteiger partial charge in [-0.2, -0.15) is 11.8 Å². The van der Waals surface area contributed by atoms with E-state index in [0.717, 1.165) is 25.4 Å². The zero-order chi connectivity index (χ0) is 10.1. The summed E-state index contributed by atoms with van der Waals surface area (Å²) in [6.07, 6.45) is 2.73. The normalized spacial score (nSPS) is 12.4. The summed E-state index contributed by atoms with van der Waals surface area (Å²) in [5.74, 6) is 1.44. The van der Waals surface area contributed by atoms with E-state index in [1.54, 1.807) is 0 Å². The standard InChI is InChI=1S/C8H19N3OS/c1-3-11(6-7-13-2)5-4-8(9)10-12/h12H,3-7H2,1-2H3,(H2,9,10). The Morgan fingerprint density at radius 3 is 2.69 bits per heavy atom. The van der Waals surface area contributed by atoms with Gasteiger partial charge < -0.3 is 15.8 Å². The minimum absolute atomic E-state index is 0.308. The summed E-state index contributed by atoms with van der Waals surface area (Å²) in [5, 5.41) is 11.3. The first-order valence-corrected chi connectivity index (χ1v) is 5.81. The Labute approximate surface area is 84.2 Å². The predicted octanol–water partition coefficient (Wildman–Crippen LogP) is 0.808. The molecule has 5 heteroatoms. The monoisotopic (exact) mass is 205 g/mol. The molecule has 0 saturated carbocycles. The molecule has 0 saturated heterocycles. The molecular formula is C8H19N3OS. The highest BCUT2D eigenvalue weighted by atomic mass is 32.2. The quantitative estimate of drug-likeness (QED) is 0.279. The number of amidine groups is 1. The molecule has 78 valence electrons. The van der Waals surface area contributed by atoms with Crippen molar-refractivity contribution in [2.24, 2.45) is 10.9 Å². The maximum Gasteiger partial charge on any atom is 0.140 e. The first-order chi connectivity index (χ1) is 6.24. The lowest BCUT2D eigenvalue weighted by molar-refractivity contribution is 0.302. The fourth-order valence-electron chi connectivity index (χ4n) is 0.971. The molecule has 3 N–H and O–H groups in total. The van der Waals surface area contributed by atoms with Crippen molar-refractivity contribution in [1.82, 2.24) is 4.90 Å². The molecule has 0 radical (unpaired) electrons. The number of hydrogen-bond donors (Lipinski definition) is 2. The Balaban J connectivity index is 3.59. The van der Waals surface area contributed by atoms with E-state index in [0.29, 0.717) is 12.3 Å². The fraction of sp³-hybridized carbons (Fsp3) is 0.875. The van der Waals surface area contributed by atoms with Crippen LogP contribution in [0.4, 0.5) is 0 Å². The third-order valence-electron chi connectivity index (χ3n) is 1.87. The SMILES string of the molecule is CCN(CCSC)CCC(N)=NO. The minimum Gasteiger partial charge on any atom is -0.409 e. The number of nitrogens with zero attached hydrogens (tertiary/aromatic N) is 2. The molecule has 0 spiro atoms. The van der Waals surface area contributed by atoms with Gasteiger partial charge in [-0.3, -0.25) is 0 Å². The summed E-state index contributed by atoms with van der Waals surface area (Å²) in [4.78, 5) is 2.29. The third kappa shape index (κ3) is 6.72. The predicted molar refractivity (Wildman–Crippen MR) is 58.5 cm³/mol. The van der Waals surface area contributed by atoms with Crippen molar-refractivity contribution in [2.45, 2.75) is 13.3 Å². The lowest BCUT2D eigenvalue weighted by Gasteiger charge is -2.18. The van der Waals surface area contributed by atoms with Crippen LogP contribution in [0, 0.1) is 0 Å². The molecule has 0 aromatic rings. The second kappa shape index (κ2) is 8.19. The first-order valence-electron chi connectivity index (χ1n) is 4.42. The van der Waals surface area contributed by atoms with Crippen molar-refractivity contribution < 1.29 is 5.21 Å². The molecule has 0 fully saturated rings. The Hall–Kier alpha value is -0.420. The molecule has 0 rings (SSSR count). The van der Waals surface area contributed by atoms with Crippen molar-refractivity contribution in [3.63, 3.8) is 0 Å². The average molecular weight is 205 g/mol. The highest BCUT2D eigenvalue weighted by Gasteiger charge is 2.02. The van der Waals surface area contributed by atoms with E-state index in [-0.39, 0.29) is 0 Å². The smallest absolute Gasteiger partial charge is 0.140 e. The maximum absolute atomic E-state index is 8.34. The van der Waals surface area contributed by atoms with E-state index < -0.39 is 0 Å². The van der Waals surface area contributed by atoms with Gasteiger partial charge in [0.05, 0.1) is 0 Å². The van der Waals surface area contributed by atoms with Crippen molar-refractivity contribution in [3.8, 4) is 0 Å². The largest absolute Gasteiger partial charge is 0.409 e. The first kappa shape index (κ1) is 12.6. The number of nitrogens with two attached hydrogens (primary N) is 1. The minimum atomic E-state index is 0.308. The Morgan fingerprint density at radius 1 is 1.54 bits per heavy atom. The number of rotatable bonds is 7. The molecule has 0 atom stereocenters. The lowest BCUT2D eigenvalue weighted by Crippen LogP contribution is -2.30. The van der Waals surface area contributed by atoms with Gasteiger partial charge in [0.2, 0.25) is 0 Å². The van der Waals surface area contributed by atoms with Gasteiger partial charge in [0.25, 0.3) is 0 Å². The Kier molecular flexibility index (Phi) is 7.93. The van der Waals surface area contributed by atoms with Gasteiger partial charge in [-0.25, -0.2) is 0 Å². The Morgan fingerprint density at radius 2 is 2.23 bits per heavy atom. The second-order valence-corrected chi connectivity index (χ2v) is 3.75. The molecule has 0 heterocycles. The molecule has 0 amide bonds. The number of thioether (sulfide) groups is 1. The molecule has 0 bridgehead atoms. The van der Waals surface area contributed by atoms with Crippen LogP contribution in [0.5, 0.6) is 0 Å². The fourth-order valence-corrected chi connectivity index (χ4v) is 1.41. The summed E-state index contributed by atoms with van der Waals surface area (Å²) in [6.45, 7) is 5.06. The summed E-state index contributed by atoms with van der Waals surface area (Å²) in [7, 11) is 0. The van der Waals surface area contributed by atoms with E-state index in [2.05, 4.69) is 23.2 Å². The van der Waals surface area contributed by atoms with E-state index in [1.165, 1.54) is 0 Å². The van der Waals surface area contributed by atoms with Gasteiger partial charge in [-0.05, 0) is 12.8 Å². The van der Waals surface area contributed by atoms with Gasteiger partial charge in [0.15, 0.2) is 0 Å². The molecular weight excluding hydrogens is 186 g/mol. The summed E-state index contributed by atoms with van der Waals surface area (Å²) < 4.78 is 0. The Bertz CT molecular complexity index is 152. The summed E-state index contributed by atoms with van der Waals surface area (Å²) >= 11 is 1.83. The van der Waals surface area contributed by atoms with Crippen LogP contribution >= 0.6 is 11.8 Å². The van der Waals surface area contributed by atoms with Crippen LogP contribution in [-0.4, -0.2) is 47.6 Å². The molecule has 13 heavy (non-hydrogen) atoms. The maximum atomic E-state index is 8.34. The number of hydrogen-bond acceptors (Lipinski definition) is 4. The van der Waals surface area contributed by atoms with Gasteiger partial charge >= 0.3 is 0 Å². The van der Waals surface area contributed by atoms with Crippen LogP contribution in [0.25, 0.3) is 0 Å². The van der Waals surface area contributed by atoms with Crippen molar-refractivity contribution in [1.29, 1.82) is 0 Å². The average Bonchev–Trinajstić information content (AvgIpc) is 2.17.